The van der Waals surface area contributed by atoms with Crippen molar-refractivity contribution in [1.82, 2.24) is 0 Å². The van der Waals surface area contributed by atoms with Gasteiger partial charge < -0.3 is 19.3 Å². The first-order valence-electron chi connectivity index (χ1n) is 31.9. The third-order valence-electron chi connectivity index (χ3n) is 14.9. The number of ether oxygens (including phenoxy) is 2. The molecule has 0 amide bonds. The van der Waals surface area contributed by atoms with Crippen molar-refractivity contribution in [1.29, 1.82) is 0 Å². The number of phosphoric acid groups is 1. The van der Waals surface area contributed by atoms with Crippen molar-refractivity contribution in [2.75, 3.05) is 19.8 Å². The molecule has 0 aliphatic heterocycles. The maximum absolute atomic E-state index is 12.5. The lowest BCUT2D eigenvalue weighted by molar-refractivity contribution is -0.154. The minimum absolute atomic E-state index is 0.0878. The summed E-state index contributed by atoms with van der Waals surface area (Å²) in [7, 11) is -4.66. The molecule has 7 nitrogen and oxygen atoms in total. The van der Waals surface area contributed by atoms with Crippen molar-refractivity contribution in [3.05, 3.63) is 0 Å². The maximum atomic E-state index is 12.5. The van der Waals surface area contributed by atoms with E-state index >= 15 is 0 Å². The maximum Gasteiger partial charge on any atom is 0.469 e. The number of phosphoric ester groups is 1. The molecule has 0 radical (unpaired) electrons. The Hall–Kier alpha value is -0.460. The number of carbonyl (C=O) groups is 1. The highest BCUT2D eigenvalue weighted by molar-refractivity contribution is 7.46. The number of rotatable bonds is 62. The van der Waals surface area contributed by atoms with Crippen LogP contribution in [0.4, 0.5) is 0 Å². The van der Waals surface area contributed by atoms with Crippen LogP contribution < -0.4 is 0 Å². The number of hydrogen-bond acceptors (Lipinski definition) is 5. The fourth-order valence-electron chi connectivity index (χ4n) is 10.2. The van der Waals surface area contributed by atoms with Crippen LogP contribution in [0, 0.1) is 0 Å². The van der Waals surface area contributed by atoms with Gasteiger partial charge in [0, 0.05) is 13.0 Å². The molecule has 0 aliphatic carbocycles. The Kier molecular flexibility index (Phi) is 59.0. The molecule has 0 aromatic rings. The van der Waals surface area contributed by atoms with Crippen molar-refractivity contribution < 1.29 is 33.1 Å². The zero-order valence-corrected chi connectivity index (χ0v) is 48.4. The van der Waals surface area contributed by atoms with E-state index in [1.165, 1.54) is 315 Å². The van der Waals surface area contributed by atoms with Crippen LogP contribution >= 0.6 is 7.82 Å². The van der Waals surface area contributed by atoms with Crippen molar-refractivity contribution in [3.63, 3.8) is 0 Å². The third kappa shape index (κ3) is 61.8. The van der Waals surface area contributed by atoms with E-state index in [-0.39, 0.29) is 19.2 Å². The SMILES string of the molecule is CCCCCCCCCCCCCCCCCCCCCCCCCCCCCCCCCCCCC(=O)O[C@H](COCCCCCCCCCCCCCCCCCCCCCC)COP(=O)(O)O. The van der Waals surface area contributed by atoms with Crippen molar-refractivity contribution >= 4 is 13.8 Å². The summed E-state index contributed by atoms with van der Waals surface area (Å²) in [6.07, 6.45) is 73.2. The fourth-order valence-corrected chi connectivity index (χ4v) is 10.6. The van der Waals surface area contributed by atoms with Gasteiger partial charge in [0.1, 0.15) is 6.10 Å². The molecule has 8 heteroatoms. The fraction of sp³-hybridized carbons (Fsp3) is 0.984. The van der Waals surface area contributed by atoms with Crippen LogP contribution in [-0.2, 0) is 23.4 Å². The normalized spacial score (nSPS) is 12.3. The van der Waals surface area contributed by atoms with Crippen LogP contribution in [0.15, 0.2) is 0 Å². The molecule has 0 saturated carbocycles. The van der Waals surface area contributed by atoms with E-state index in [1.807, 2.05) is 0 Å². The van der Waals surface area contributed by atoms with Gasteiger partial charge in [0.2, 0.25) is 0 Å². The zero-order valence-electron chi connectivity index (χ0n) is 47.5. The molecule has 0 aromatic carbocycles. The van der Waals surface area contributed by atoms with E-state index in [9.17, 15) is 19.1 Å². The van der Waals surface area contributed by atoms with Gasteiger partial charge in [-0.15, -0.1) is 0 Å². The second-order valence-corrected chi connectivity index (χ2v) is 23.3. The predicted molar refractivity (Wildman–Crippen MR) is 304 cm³/mol. The van der Waals surface area contributed by atoms with E-state index in [2.05, 4.69) is 18.4 Å². The Bertz CT molecular complexity index is 1040. The molecule has 0 saturated heterocycles. The van der Waals surface area contributed by atoms with Crippen molar-refractivity contribution in [2.24, 2.45) is 0 Å². The minimum Gasteiger partial charge on any atom is -0.457 e. The van der Waals surface area contributed by atoms with Crippen LogP contribution in [0.3, 0.4) is 0 Å². The Morgan fingerprint density at radius 2 is 0.543 bits per heavy atom. The minimum atomic E-state index is -4.66. The van der Waals surface area contributed by atoms with Crippen molar-refractivity contribution in [2.45, 2.75) is 373 Å². The van der Waals surface area contributed by atoms with Gasteiger partial charge in [0.25, 0.3) is 0 Å². The molecule has 2 N–H and O–H groups in total. The molecule has 0 unspecified atom stereocenters. The number of carbonyl (C=O) groups excluding carboxylic acids is 1. The monoisotopic (exact) mass is 1010 g/mol. The van der Waals surface area contributed by atoms with E-state index in [0.717, 1.165) is 32.1 Å². The van der Waals surface area contributed by atoms with Crippen LogP contribution in [0.5, 0.6) is 0 Å². The molecule has 0 aromatic heterocycles. The molecular formula is C62H125O7P. The summed E-state index contributed by atoms with van der Waals surface area (Å²) in [5.41, 5.74) is 0. The largest absolute Gasteiger partial charge is 0.469 e. The lowest BCUT2D eigenvalue weighted by Crippen LogP contribution is -2.28. The van der Waals surface area contributed by atoms with Gasteiger partial charge in [-0.25, -0.2) is 4.57 Å². The van der Waals surface area contributed by atoms with Crippen LogP contribution in [0.25, 0.3) is 0 Å². The molecular weight excluding hydrogens is 888 g/mol. The average Bonchev–Trinajstić information content (AvgIpc) is 3.34. The molecule has 70 heavy (non-hydrogen) atoms. The first kappa shape index (κ1) is 69.5. The van der Waals surface area contributed by atoms with Gasteiger partial charge in [0.05, 0.1) is 13.2 Å². The Balaban J connectivity index is 3.53. The zero-order chi connectivity index (χ0) is 50.8. The topological polar surface area (TPSA) is 102 Å². The van der Waals surface area contributed by atoms with Crippen LogP contribution in [-0.4, -0.2) is 41.7 Å². The number of unbranched alkanes of at least 4 members (excludes halogenated alkanes) is 52. The first-order valence-corrected chi connectivity index (χ1v) is 33.4. The van der Waals surface area contributed by atoms with Crippen LogP contribution in [0.2, 0.25) is 0 Å². The van der Waals surface area contributed by atoms with Gasteiger partial charge in [0.15, 0.2) is 0 Å². The molecule has 0 aliphatic rings. The van der Waals surface area contributed by atoms with Crippen LogP contribution in [0.1, 0.15) is 367 Å². The smallest absolute Gasteiger partial charge is 0.457 e. The quantitative estimate of drug-likeness (QED) is 0.0355. The Morgan fingerprint density at radius 1 is 0.329 bits per heavy atom. The van der Waals surface area contributed by atoms with Gasteiger partial charge in [-0.3, -0.25) is 9.32 Å². The second-order valence-electron chi connectivity index (χ2n) is 22.1. The van der Waals surface area contributed by atoms with E-state index in [1.54, 1.807) is 0 Å². The first-order chi connectivity index (χ1) is 34.4. The molecule has 0 heterocycles. The van der Waals surface area contributed by atoms with Gasteiger partial charge in [-0.2, -0.15) is 0 Å². The molecule has 0 spiro atoms. The number of esters is 1. The van der Waals surface area contributed by atoms with Gasteiger partial charge >= 0.3 is 13.8 Å². The standard InChI is InChI=1S/C62H125O7P/c1-3-5-7-9-11-13-15-17-19-21-23-25-26-27-28-29-30-31-32-33-34-35-36-37-38-39-41-43-45-47-49-51-53-55-57-62(63)69-61(60-68-70(64,65)66)59-67-58-56-54-52-50-48-46-44-42-40-24-22-20-18-16-14-12-10-8-6-4-2/h61H,3-60H2,1-2H3,(H2,64,65,66)/t61-/m1/s1. The van der Waals surface area contributed by atoms with E-state index in [0.29, 0.717) is 13.0 Å². The lowest BCUT2D eigenvalue weighted by Gasteiger charge is -2.18. The summed E-state index contributed by atoms with van der Waals surface area (Å²) < 4.78 is 27.3. The molecule has 0 fully saturated rings. The highest BCUT2D eigenvalue weighted by Gasteiger charge is 2.21. The Morgan fingerprint density at radius 3 is 0.771 bits per heavy atom. The summed E-state index contributed by atoms with van der Waals surface area (Å²) in [6, 6.07) is 0. The van der Waals surface area contributed by atoms with Crippen molar-refractivity contribution in [3.8, 4) is 0 Å². The summed E-state index contributed by atoms with van der Waals surface area (Å²) in [6.45, 7) is 4.85. The predicted octanol–water partition coefficient (Wildman–Crippen LogP) is 21.5. The van der Waals surface area contributed by atoms with E-state index in [4.69, 9.17) is 9.47 Å². The molecule has 0 rings (SSSR count). The molecule has 1 atom stereocenters. The summed E-state index contributed by atoms with van der Waals surface area (Å²) in [5, 5.41) is 0. The highest BCUT2D eigenvalue weighted by Crippen LogP contribution is 2.36. The summed E-state index contributed by atoms with van der Waals surface area (Å²) in [4.78, 5) is 30.9. The average molecular weight is 1010 g/mol. The highest BCUT2D eigenvalue weighted by atomic mass is 31.2. The number of hydrogen-bond donors (Lipinski definition) is 2. The van der Waals surface area contributed by atoms with Gasteiger partial charge in [-0.05, 0) is 12.8 Å². The Labute approximate surface area is 438 Å². The summed E-state index contributed by atoms with van der Waals surface area (Å²) in [5.74, 6) is -0.349. The second kappa shape index (κ2) is 59.4. The lowest BCUT2D eigenvalue weighted by atomic mass is 10.0. The summed E-state index contributed by atoms with van der Waals surface area (Å²) >= 11 is 0. The third-order valence-corrected chi connectivity index (χ3v) is 15.4. The van der Waals surface area contributed by atoms with E-state index < -0.39 is 13.9 Å². The molecule has 0 bridgehead atoms. The van der Waals surface area contributed by atoms with Gasteiger partial charge in [-0.1, -0.05) is 348 Å². The molecule has 420 valence electrons.